The molecule has 1 aliphatic heterocycles. The number of anilines is 1. The SMILES string of the molecule is Cc1cc(C)c(O)c(N2Cn3c4ccccc4n32)c1. The number of rotatable bonds is 1. The van der Waals surface area contributed by atoms with E-state index in [0.717, 1.165) is 23.5 Å². The Balaban J connectivity index is 1.85. The van der Waals surface area contributed by atoms with Gasteiger partial charge in [0.05, 0.1) is 5.52 Å². The van der Waals surface area contributed by atoms with E-state index in [0.29, 0.717) is 5.75 Å². The number of phenols is 1. The fraction of sp³-hybridized carbons (Fsp3) is 0.200. The van der Waals surface area contributed by atoms with Crippen molar-refractivity contribution < 1.29 is 5.11 Å². The number of aromatic hydroxyl groups is 1. The van der Waals surface area contributed by atoms with E-state index in [1.807, 2.05) is 31.2 Å². The molecule has 19 heavy (non-hydrogen) atoms. The molecule has 0 atom stereocenters. The van der Waals surface area contributed by atoms with E-state index < -0.39 is 0 Å². The van der Waals surface area contributed by atoms with Gasteiger partial charge in [0.15, 0.2) is 0 Å². The lowest BCUT2D eigenvalue weighted by Gasteiger charge is -2.45. The Morgan fingerprint density at radius 2 is 1.79 bits per heavy atom. The number of hydrogen-bond donors (Lipinski definition) is 1. The summed E-state index contributed by atoms with van der Waals surface area (Å²) >= 11 is 0. The first kappa shape index (κ1) is 10.6. The molecule has 2 heterocycles. The van der Waals surface area contributed by atoms with Crippen molar-refractivity contribution in [2.45, 2.75) is 20.5 Å². The van der Waals surface area contributed by atoms with Crippen LogP contribution in [0.4, 0.5) is 5.69 Å². The van der Waals surface area contributed by atoms with Crippen molar-refractivity contribution in [3.05, 3.63) is 47.5 Å². The van der Waals surface area contributed by atoms with Gasteiger partial charge >= 0.3 is 0 Å². The highest BCUT2D eigenvalue weighted by Crippen LogP contribution is 2.38. The summed E-state index contributed by atoms with van der Waals surface area (Å²) in [5.74, 6) is 0.370. The predicted octanol–water partition coefficient (Wildman–Crippen LogP) is 3.01. The number of para-hydroxylation sites is 2. The van der Waals surface area contributed by atoms with Gasteiger partial charge in [0.2, 0.25) is 0 Å². The molecule has 1 aliphatic rings. The third-order valence-electron chi connectivity index (χ3n) is 3.80. The summed E-state index contributed by atoms with van der Waals surface area (Å²) in [5, 5.41) is 12.3. The first-order chi connectivity index (χ1) is 9.16. The lowest BCUT2D eigenvalue weighted by Crippen LogP contribution is -2.52. The van der Waals surface area contributed by atoms with E-state index in [-0.39, 0.29) is 0 Å². The van der Waals surface area contributed by atoms with Crippen LogP contribution < -0.4 is 5.01 Å². The number of benzene rings is 2. The fourth-order valence-corrected chi connectivity index (χ4v) is 2.87. The molecule has 4 heteroatoms. The summed E-state index contributed by atoms with van der Waals surface area (Å²) in [6.07, 6.45) is 0. The Kier molecular flexibility index (Phi) is 1.86. The highest BCUT2D eigenvalue weighted by molar-refractivity contribution is 5.81. The van der Waals surface area contributed by atoms with Gasteiger partial charge in [0, 0.05) is 0 Å². The molecule has 4 rings (SSSR count). The van der Waals surface area contributed by atoms with Crippen LogP contribution in [0, 0.1) is 13.8 Å². The van der Waals surface area contributed by atoms with Gasteiger partial charge in [-0.1, -0.05) is 18.2 Å². The number of aromatic nitrogens is 2. The van der Waals surface area contributed by atoms with Crippen LogP contribution in [0.2, 0.25) is 0 Å². The van der Waals surface area contributed by atoms with Crippen molar-refractivity contribution in [2.75, 3.05) is 5.01 Å². The zero-order valence-corrected chi connectivity index (χ0v) is 11.0. The number of nitrogens with zero attached hydrogens (tertiary/aromatic N) is 3. The smallest absolute Gasteiger partial charge is 0.143 e. The van der Waals surface area contributed by atoms with Crippen LogP contribution in [0.5, 0.6) is 5.75 Å². The number of phenolic OH excluding ortho intramolecular Hbond substituents is 1. The third kappa shape index (κ3) is 1.23. The zero-order chi connectivity index (χ0) is 13.1. The highest BCUT2D eigenvalue weighted by atomic mass is 16.3. The van der Waals surface area contributed by atoms with Gasteiger partial charge < -0.3 is 5.11 Å². The van der Waals surface area contributed by atoms with Gasteiger partial charge in [-0.15, -0.1) is 0 Å². The van der Waals surface area contributed by atoms with Gasteiger partial charge in [-0.2, -0.15) is 4.79 Å². The minimum atomic E-state index is 0.370. The van der Waals surface area contributed by atoms with Gasteiger partial charge in [0.1, 0.15) is 23.6 Å². The maximum atomic E-state index is 10.2. The normalized spacial score (nSPS) is 13.7. The molecule has 0 fully saturated rings. The van der Waals surface area contributed by atoms with Crippen molar-refractivity contribution >= 4 is 16.7 Å². The summed E-state index contributed by atoms with van der Waals surface area (Å²) in [7, 11) is 0. The van der Waals surface area contributed by atoms with Crippen LogP contribution in [0.15, 0.2) is 36.4 Å². The number of fused-ring (bicyclic) bond motifs is 4. The predicted molar refractivity (Wildman–Crippen MR) is 75.4 cm³/mol. The van der Waals surface area contributed by atoms with Gasteiger partial charge in [-0.25, -0.2) is 9.69 Å². The molecule has 0 aliphatic carbocycles. The van der Waals surface area contributed by atoms with Crippen molar-refractivity contribution in [3.63, 3.8) is 0 Å². The van der Waals surface area contributed by atoms with Crippen molar-refractivity contribution in [3.8, 4) is 5.75 Å². The summed E-state index contributed by atoms with van der Waals surface area (Å²) in [6.45, 7) is 4.78. The lowest BCUT2D eigenvalue weighted by molar-refractivity contribution is 0.312. The second-order valence-electron chi connectivity index (χ2n) is 5.17. The minimum absolute atomic E-state index is 0.370. The van der Waals surface area contributed by atoms with Crippen LogP contribution in [0.3, 0.4) is 0 Å². The average molecular weight is 253 g/mol. The summed E-state index contributed by atoms with van der Waals surface area (Å²) in [4.78, 5) is 2.10. The molecular weight excluding hydrogens is 238 g/mol. The molecule has 0 saturated heterocycles. The monoisotopic (exact) mass is 253 g/mol. The molecule has 0 saturated carbocycles. The molecule has 3 aromatic rings. The average Bonchev–Trinajstić information content (AvgIpc) is 2.35. The van der Waals surface area contributed by atoms with E-state index in [1.54, 1.807) is 0 Å². The Bertz CT molecular complexity index is 797. The van der Waals surface area contributed by atoms with Crippen LogP contribution in [0.25, 0.3) is 11.0 Å². The zero-order valence-electron chi connectivity index (χ0n) is 11.0. The van der Waals surface area contributed by atoms with E-state index in [2.05, 4.69) is 33.5 Å². The van der Waals surface area contributed by atoms with Crippen molar-refractivity contribution in [1.29, 1.82) is 0 Å². The fourth-order valence-electron chi connectivity index (χ4n) is 2.87. The van der Waals surface area contributed by atoms with E-state index in [4.69, 9.17) is 0 Å². The van der Waals surface area contributed by atoms with Gasteiger partial charge in [-0.3, -0.25) is 0 Å². The second kappa shape index (κ2) is 3.35. The van der Waals surface area contributed by atoms with Crippen molar-refractivity contribution in [1.82, 2.24) is 9.47 Å². The molecule has 1 N–H and O–H groups in total. The maximum Gasteiger partial charge on any atom is 0.143 e. The Morgan fingerprint density at radius 3 is 2.58 bits per heavy atom. The first-order valence-corrected chi connectivity index (χ1v) is 6.41. The van der Waals surface area contributed by atoms with Crippen LogP contribution in [-0.2, 0) is 6.67 Å². The van der Waals surface area contributed by atoms with Gasteiger partial charge in [0.25, 0.3) is 0 Å². The molecule has 2 aromatic carbocycles. The van der Waals surface area contributed by atoms with Crippen molar-refractivity contribution in [2.24, 2.45) is 0 Å². The summed E-state index contributed by atoms with van der Waals surface area (Å²) in [6, 6.07) is 12.3. The molecule has 96 valence electrons. The van der Waals surface area contributed by atoms with Crippen LogP contribution in [-0.4, -0.2) is 14.6 Å². The van der Waals surface area contributed by atoms with E-state index in [9.17, 15) is 5.11 Å². The maximum absolute atomic E-state index is 10.2. The summed E-state index contributed by atoms with van der Waals surface area (Å²) < 4.78 is 2.19. The number of aryl methyl sites for hydroxylation is 2. The quantitative estimate of drug-likeness (QED) is 0.723. The topological polar surface area (TPSA) is 33.3 Å². The molecule has 0 radical (unpaired) electrons. The molecule has 0 spiro atoms. The van der Waals surface area contributed by atoms with E-state index in [1.165, 1.54) is 11.0 Å². The van der Waals surface area contributed by atoms with Crippen LogP contribution in [0.1, 0.15) is 11.1 Å². The summed E-state index contributed by atoms with van der Waals surface area (Å²) in [5.41, 5.74) is 5.40. The standard InChI is InChI=1S/C15H15N3O/c1-10-7-11(2)15(19)14(8-10)17-9-16-12-5-3-4-6-13(12)18(16)17/h3-8,19H,9H2,1-2H3. The molecule has 4 nitrogen and oxygen atoms in total. The minimum Gasteiger partial charge on any atom is -0.505 e. The lowest BCUT2D eigenvalue weighted by atomic mass is 10.1. The number of hydrogen-bond acceptors (Lipinski definition) is 2. The molecule has 0 amide bonds. The highest BCUT2D eigenvalue weighted by Gasteiger charge is 2.31. The van der Waals surface area contributed by atoms with Crippen LogP contribution >= 0.6 is 0 Å². The Hall–Kier alpha value is -2.36. The molecule has 0 bridgehead atoms. The molecule has 0 unspecified atom stereocenters. The Morgan fingerprint density at radius 1 is 1.05 bits per heavy atom. The second-order valence-corrected chi connectivity index (χ2v) is 5.17. The molecular formula is C15H15N3O. The van der Waals surface area contributed by atoms with E-state index >= 15 is 0 Å². The van der Waals surface area contributed by atoms with Gasteiger partial charge in [-0.05, 0) is 43.2 Å². The first-order valence-electron chi connectivity index (χ1n) is 6.41. The molecule has 1 aromatic heterocycles. The third-order valence-corrected chi connectivity index (χ3v) is 3.80. The Labute approximate surface area is 111 Å². The largest absolute Gasteiger partial charge is 0.505 e.